The van der Waals surface area contributed by atoms with E-state index in [4.69, 9.17) is 9.47 Å². The van der Waals surface area contributed by atoms with Crippen LogP contribution >= 0.6 is 11.8 Å². The highest BCUT2D eigenvalue weighted by Crippen LogP contribution is 2.32. The average molecular weight is 586 g/mol. The first-order valence-electron chi connectivity index (χ1n) is 12.2. The van der Waals surface area contributed by atoms with Crippen molar-refractivity contribution in [2.75, 3.05) is 24.7 Å². The molecule has 2 heterocycles. The van der Waals surface area contributed by atoms with Gasteiger partial charge in [-0.1, -0.05) is 0 Å². The van der Waals surface area contributed by atoms with Crippen LogP contribution < -0.4 is 5.32 Å². The van der Waals surface area contributed by atoms with E-state index in [1.165, 1.54) is 23.3 Å². The number of halogens is 4. The minimum Gasteiger partial charge on any atom is -0.444 e. The van der Waals surface area contributed by atoms with Gasteiger partial charge in [0.15, 0.2) is 28.9 Å². The molecular weight excluding hydrogens is 554 g/mol. The number of thioether (sulfide) groups is 1. The van der Waals surface area contributed by atoms with E-state index in [1.807, 2.05) is 0 Å². The second-order valence-corrected chi connectivity index (χ2v) is 11.5. The largest absolute Gasteiger partial charge is 0.444 e. The molecule has 0 fully saturated rings. The van der Waals surface area contributed by atoms with Crippen LogP contribution in [0.2, 0.25) is 0 Å². The van der Waals surface area contributed by atoms with Gasteiger partial charge in [0.1, 0.15) is 23.3 Å². The van der Waals surface area contributed by atoms with Gasteiger partial charge in [0.2, 0.25) is 0 Å². The number of aromatic nitrogens is 3. The number of hydrogen-bond acceptors (Lipinski definition) is 8. The summed E-state index contributed by atoms with van der Waals surface area (Å²) in [4.78, 5) is 34.4. The summed E-state index contributed by atoms with van der Waals surface area (Å²) in [5.41, 5.74) is -1.89. The van der Waals surface area contributed by atoms with Crippen molar-refractivity contribution in [2.24, 2.45) is 0 Å². The first-order chi connectivity index (χ1) is 18.5. The van der Waals surface area contributed by atoms with E-state index in [-0.39, 0.29) is 18.7 Å². The minimum atomic E-state index is -1.97. The highest BCUT2D eigenvalue weighted by atomic mass is 32.2. The van der Waals surface area contributed by atoms with Gasteiger partial charge in [0.05, 0.1) is 16.8 Å². The lowest BCUT2D eigenvalue weighted by Crippen LogP contribution is -2.39. The Bertz CT molecular complexity index is 1420. The van der Waals surface area contributed by atoms with E-state index in [9.17, 15) is 27.2 Å². The van der Waals surface area contributed by atoms with Crippen molar-refractivity contribution in [1.29, 1.82) is 0 Å². The molecule has 40 heavy (non-hydrogen) atoms. The lowest BCUT2D eigenvalue weighted by molar-refractivity contribution is 0.0237. The number of nitrogens with zero attached hydrogens (tertiary/aromatic N) is 4. The molecule has 1 aromatic carbocycles. The lowest BCUT2D eigenvalue weighted by atomic mass is 10.1. The second kappa shape index (κ2) is 11.9. The number of anilines is 1. The molecule has 2 aromatic heterocycles. The summed E-state index contributed by atoms with van der Waals surface area (Å²) in [5.74, 6) is -6.70. The predicted octanol–water partition coefficient (Wildman–Crippen LogP) is 6.34. The van der Waals surface area contributed by atoms with Crippen molar-refractivity contribution in [3.63, 3.8) is 0 Å². The molecule has 0 aliphatic rings. The molecule has 0 spiro atoms. The summed E-state index contributed by atoms with van der Waals surface area (Å²) in [6, 6.07) is 1.61. The van der Waals surface area contributed by atoms with Crippen molar-refractivity contribution in [1.82, 2.24) is 19.4 Å². The number of carbonyl (C=O) groups is 2. The molecule has 0 bridgehead atoms. The lowest BCUT2D eigenvalue weighted by Gasteiger charge is -2.28. The monoisotopic (exact) mass is 585 g/mol. The van der Waals surface area contributed by atoms with E-state index in [0.717, 1.165) is 4.90 Å². The van der Waals surface area contributed by atoms with E-state index in [0.29, 0.717) is 23.0 Å². The molecule has 0 saturated heterocycles. The summed E-state index contributed by atoms with van der Waals surface area (Å²) >= 11 is 0.683. The van der Waals surface area contributed by atoms with Gasteiger partial charge < -0.3 is 19.7 Å². The van der Waals surface area contributed by atoms with Gasteiger partial charge in [0.25, 0.3) is 0 Å². The fourth-order valence-corrected chi connectivity index (χ4v) is 4.29. The van der Waals surface area contributed by atoms with Gasteiger partial charge in [-0.3, -0.25) is 0 Å². The molecule has 14 heteroatoms. The number of benzene rings is 1. The quantitative estimate of drug-likeness (QED) is 0.148. The molecule has 0 unspecified atom stereocenters. The van der Waals surface area contributed by atoms with Crippen LogP contribution in [0.3, 0.4) is 0 Å². The van der Waals surface area contributed by atoms with Crippen molar-refractivity contribution in [3.05, 3.63) is 47.4 Å². The minimum absolute atomic E-state index is 0.0331. The number of nitrogens with one attached hydrogen (secondary N) is 1. The standard InChI is InChI=1S/C26H31F4N5O4S/c1-25(2,3)38-23(36)34(12-15-16(27)17(28)18(29)19(30)20(15)40-7)11-9-31-21-14-8-10-35(22(14)33-13-32-21)24(37)39-26(4,5)6/h8,10,13H,9,11-12H2,1-7H3,(H,31,32,33). The number of carbonyl (C=O) groups excluding carboxylic acids is 2. The first kappa shape index (κ1) is 31.0. The van der Waals surface area contributed by atoms with E-state index >= 15 is 0 Å². The molecule has 1 amide bonds. The number of fused-ring (bicyclic) bond motifs is 1. The molecule has 0 aliphatic carbocycles. The highest BCUT2D eigenvalue weighted by molar-refractivity contribution is 7.98. The number of rotatable bonds is 7. The summed E-state index contributed by atoms with van der Waals surface area (Å²) < 4.78 is 69.1. The Morgan fingerprint density at radius 3 is 2.20 bits per heavy atom. The van der Waals surface area contributed by atoms with Crippen molar-refractivity contribution < 1.29 is 36.6 Å². The molecule has 3 rings (SSSR count). The Hall–Kier alpha value is -3.55. The molecule has 0 radical (unpaired) electrons. The summed E-state index contributed by atoms with van der Waals surface area (Å²) in [6.45, 7) is 9.39. The third-order valence-corrected chi connectivity index (χ3v) is 6.10. The molecular formula is C26H31F4N5O4S. The summed E-state index contributed by atoms with van der Waals surface area (Å²) in [6.07, 6.45) is 2.59. The van der Waals surface area contributed by atoms with Crippen LogP contribution in [0.15, 0.2) is 23.5 Å². The van der Waals surface area contributed by atoms with Crippen LogP contribution in [0.25, 0.3) is 11.0 Å². The number of amides is 1. The number of hydrogen-bond donors (Lipinski definition) is 1. The summed E-state index contributed by atoms with van der Waals surface area (Å²) in [5, 5.41) is 3.51. The maximum atomic E-state index is 14.7. The molecule has 0 atom stereocenters. The van der Waals surface area contributed by atoms with E-state index in [1.54, 1.807) is 47.6 Å². The van der Waals surface area contributed by atoms with E-state index < -0.39 is 63.7 Å². The molecule has 9 nitrogen and oxygen atoms in total. The van der Waals surface area contributed by atoms with Crippen LogP contribution in [-0.2, 0) is 16.0 Å². The second-order valence-electron chi connectivity index (χ2n) is 10.7. The van der Waals surface area contributed by atoms with Crippen molar-refractivity contribution >= 4 is 40.8 Å². The van der Waals surface area contributed by atoms with E-state index in [2.05, 4.69) is 15.3 Å². The Balaban J connectivity index is 1.86. The Kier molecular flexibility index (Phi) is 9.22. The molecule has 218 valence electrons. The van der Waals surface area contributed by atoms with Gasteiger partial charge in [-0.15, -0.1) is 11.8 Å². The predicted molar refractivity (Wildman–Crippen MR) is 142 cm³/mol. The van der Waals surface area contributed by atoms with Gasteiger partial charge >= 0.3 is 12.2 Å². The zero-order valence-electron chi connectivity index (χ0n) is 23.2. The first-order valence-corrected chi connectivity index (χ1v) is 13.4. The third-order valence-electron chi connectivity index (χ3n) is 5.27. The maximum absolute atomic E-state index is 14.7. The normalized spacial score (nSPS) is 12.0. The van der Waals surface area contributed by atoms with Crippen LogP contribution in [0.4, 0.5) is 33.0 Å². The van der Waals surface area contributed by atoms with Crippen LogP contribution in [0.1, 0.15) is 47.1 Å². The smallest absolute Gasteiger partial charge is 0.420 e. The third kappa shape index (κ3) is 7.14. The average Bonchev–Trinajstić information content (AvgIpc) is 3.28. The highest BCUT2D eigenvalue weighted by Gasteiger charge is 2.29. The van der Waals surface area contributed by atoms with Crippen molar-refractivity contribution in [2.45, 2.75) is 64.2 Å². The number of ether oxygens (including phenoxy) is 2. The maximum Gasteiger partial charge on any atom is 0.420 e. The van der Waals surface area contributed by atoms with Gasteiger partial charge in [-0.2, -0.15) is 0 Å². The van der Waals surface area contributed by atoms with Crippen LogP contribution in [0, 0.1) is 23.3 Å². The van der Waals surface area contributed by atoms with Gasteiger partial charge in [-0.05, 0) is 53.9 Å². The fourth-order valence-electron chi connectivity index (χ4n) is 3.62. The van der Waals surface area contributed by atoms with Crippen molar-refractivity contribution in [3.8, 4) is 0 Å². The fraction of sp³-hybridized carbons (Fsp3) is 0.462. The SMILES string of the molecule is CSc1c(F)c(F)c(F)c(F)c1CN(CCNc1ncnc2c1ccn2C(=O)OC(C)(C)C)C(=O)OC(C)(C)C. The van der Waals surface area contributed by atoms with Crippen LogP contribution in [0.5, 0.6) is 0 Å². The summed E-state index contributed by atoms with van der Waals surface area (Å²) in [7, 11) is 0. The van der Waals surface area contributed by atoms with Gasteiger partial charge in [0, 0.05) is 24.8 Å². The molecule has 0 aliphatic heterocycles. The topological polar surface area (TPSA) is 98.6 Å². The van der Waals surface area contributed by atoms with Crippen LogP contribution in [-0.4, -0.2) is 62.2 Å². The molecule has 0 saturated carbocycles. The molecule has 1 N–H and O–H groups in total. The zero-order chi connectivity index (χ0) is 30.0. The molecule has 3 aromatic rings. The Morgan fingerprint density at radius 1 is 0.975 bits per heavy atom. The Labute approximate surface area is 233 Å². The van der Waals surface area contributed by atoms with Gasteiger partial charge in [-0.25, -0.2) is 41.7 Å². The Morgan fingerprint density at radius 2 is 1.60 bits per heavy atom. The zero-order valence-corrected chi connectivity index (χ0v) is 24.0.